The fourth-order valence-corrected chi connectivity index (χ4v) is 4.38. The fourth-order valence-electron chi connectivity index (χ4n) is 4.38. The minimum Gasteiger partial charge on any atom is -0.337 e. The first-order valence-corrected chi connectivity index (χ1v) is 9.52. The molecule has 0 amide bonds. The van der Waals surface area contributed by atoms with Crippen LogP contribution in [0, 0.1) is 11.8 Å². The van der Waals surface area contributed by atoms with Crippen molar-refractivity contribution < 1.29 is 4.52 Å². The number of aryl methyl sites for hydroxylation is 1. The lowest BCUT2D eigenvalue weighted by molar-refractivity contribution is 0.364. The van der Waals surface area contributed by atoms with E-state index in [4.69, 9.17) is 4.52 Å². The van der Waals surface area contributed by atoms with Gasteiger partial charge in [-0.05, 0) is 29.4 Å². The van der Waals surface area contributed by atoms with Crippen LogP contribution in [-0.2, 0) is 13.6 Å². The molecule has 6 rings (SSSR count). The number of nitrogens with zero attached hydrogens (tertiary/aromatic N) is 7. The van der Waals surface area contributed by atoms with Crippen molar-refractivity contribution in [3.05, 3.63) is 70.4 Å². The third-order valence-electron chi connectivity index (χ3n) is 5.90. The average Bonchev–Trinajstić information content (AvgIpc) is 3.16. The summed E-state index contributed by atoms with van der Waals surface area (Å²) >= 11 is 0. The van der Waals surface area contributed by atoms with Gasteiger partial charge in [0, 0.05) is 13.0 Å². The maximum absolute atomic E-state index is 12.6. The molecule has 0 N–H and O–H groups in total. The lowest BCUT2D eigenvalue weighted by Gasteiger charge is -2.04. The van der Waals surface area contributed by atoms with Gasteiger partial charge in [-0.1, -0.05) is 46.8 Å². The van der Waals surface area contributed by atoms with E-state index in [2.05, 4.69) is 55.8 Å². The van der Waals surface area contributed by atoms with Crippen LogP contribution in [0.5, 0.6) is 0 Å². The molecule has 0 radical (unpaired) electrons. The Balaban J connectivity index is 1.22. The van der Waals surface area contributed by atoms with Crippen molar-refractivity contribution in [2.45, 2.75) is 18.9 Å². The second-order valence-electron chi connectivity index (χ2n) is 7.64. The van der Waals surface area contributed by atoms with Crippen LogP contribution in [0.3, 0.4) is 0 Å². The van der Waals surface area contributed by atoms with E-state index in [1.807, 2.05) is 6.07 Å². The summed E-state index contributed by atoms with van der Waals surface area (Å²) in [4.78, 5) is 21.3. The van der Waals surface area contributed by atoms with Crippen LogP contribution in [0.4, 0.5) is 0 Å². The molecule has 2 aliphatic carbocycles. The first kappa shape index (κ1) is 16.3. The second kappa shape index (κ2) is 5.94. The molecular formula is C20H17N7O2. The summed E-state index contributed by atoms with van der Waals surface area (Å²) in [6.45, 7) is 0.174. The summed E-state index contributed by atoms with van der Waals surface area (Å²) in [5, 5.41) is 11.9. The number of aromatic nitrogens is 7. The summed E-state index contributed by atoms with van der Waals surface area (Å²) in [6.07, 6.45) is 4.82. The molecule has 144 valence electrons. The number of rotatable bonds is 4. The Bertz CT molecular complexity index is 1320. The van der Waals surface area contributed by atoms with Gasteiger partial charge in [0.2, 0.25) is 11.5 Å². The third kappa shape index (κ3) is 2.54. The first-order chi connectivity index (χ1) is 14.2. The van der Waals surface area contributed by atoms with Gasteiger partial charge in [-0.3, -0.25) is 9.36 Å². The Morgan fingerprint density at radius 1 is 1.24 bits per heavy atom. The van der Waals surface area contributed by atoms with Crippen LogP contribution in [0.15, 0.2) is 52.1 Å². The van der Waals surface area contributed by atoms with Gasteiger partial charge in [0.1, 0.15) is 12.9 Å². The van der Waals surface area contributed by atoms with Crippen molar-refractivity contribution in [2.24, 2.45) is 18.9 Å². The lowest BCUT2D eigenvalue weighted by Crippen LogP contribution is -2.22. The normalized spacial score (nSPS) is 22.7. The molecule has 1 saturated carbocycles. The quantitative estimate of drug-likeness (QED) is 0.525. The van der Waals surface area contributed by atoms with Crippen molar-refractivity contribution in [3.8, 4) is 0 Å². The Hall–Kier alpha value is -3.62. The highest BCUT2D eigenvalue weighted by Crippen LogP contribution is 2.62. The van der Waals surface area contributed by atoms with Gasteiger partial charge >= 0.3 is 0 Å². The van der Waals surface area contributed by atoms with Crippen LogP contribution in [-0.4, -0.2) is 34.7 Å². The molecule has 3 heterocycles. The van der Waals surface area contributed by atoms with Gasteiger partial charge in [-0.15, -0.1) is 5.10 Å². The van der Waals surface area contributed by atoms with E-state index in [1.165, 1.54) is 26.7 Å². The van der Waals surface area contributed by atoms with Crippen molar-refractivity contribution in [1.82, 2.24) is 34.7 Å². The van der Waals surface area contributed by atoms with Crippen molar-refractivity contribution in [1.29, 1.82) is 0 Å². The van der Waals surface area contributed by atoms with Crippen LogP contribution >= 0.6 is 0 Å². The molecule has 1 aromatic carbocycles. The van der Waals surface area contributed by atoms with Gasteiger partial charge in [0.25, 0.3) is 5.56 Å². The standard InChI is InChI=1S/C20H17N7O2/c1-26-17-19(23-25-26)21-10-27(20(17)28)9-15-22-18(24-29-15)16-13-7-12(8-14(13)16)11-5-3-2-4-6-11/h2-7,10,13-14,16H,8-9H2,1H3/t13-,14+,16+/m1/s1. The van der Waals surface area contributed by atoms with Crippen molar-refractivity contribution in [3.63, 3.8) is 0 Å². The molecule has 9 nitrogen and oxygen atoms in total. The molecule has 1 fully saturated rings. The SMILES string of the molecule is Cn1nnc2ncn(Cc3nc([C@H]4[C@@H]5C=C(c6ccccc6)C[C@@H]54)no3)c(=O)c21. The molecule has 9 heteroatoms. The van der Waals surface area contributed by atoms with Crippen molar-refractivity contribution >= 4 is 16.7 Å². The largest absolute Gasteiger partial charge is 0.337 e. The van der Waals surface area contributed by atoms with Crippen molar-refractivity contribution in [2.75, 3.05) is 0 Å². The Morgan fingerprint density at radius 3 is 2.90 bits per heavy atom. The zero-order chi connectivity index (χ0) is 19.5. The number of allylic oxidation sites excluding steroid dienone is 2. The number of fused-ring (bicyclic) bond motifs is 2. The molecule has 3 aromatic heterocycles. The monoisotopic (exact) mass is 387 g/mol. The number of hydrogen-bond donors (Lipinski definition) is 0. The topological polar surface area (TPSA) is 105 Å². The molecule has 29 heavy (non-hydrogen) atoms. The predicted molar refractivity (Wildman–Crippen MR) is 103 cm³/mol. The minimum absolute atomic E-state index is 0.174. The van der Waals surface area contributed by atoms with Gasteiger partial charge in [-0.2, -0.15) is 4.98 Å². The van der Waals surface area contributed by atoms with Crippen LogP contribution < -0.4 is 5.56 Å². The van der Waals surface area contributed by atoms with E-state index < -0.39 is 0 Å². The fraction of sp³-hybridized carbons (Fsp3) is 0.300. The molecule has 0 unspecified atom stereocenters. The summed E-state index contributed by atoms with van der Waals surface area (Å²) < 4.78 is 8.27. The predicted octanol–water partition coefficient (Wildman–Crippen LogP) is 1.77. The van der Waals surface area contributed by atoms with Crippen LogP contribution in [0.1, 0.15) is 29.6 Å². The maximum atomic E-state index is 12.6. The highest BCUT2D eigenvalue weighted by Gasteiger charge is 2.55. The van der Waals surface area contributed by atoms with E-state index in [9.17, 15) is 4.79 Å². The summed E-state index contributed by atoms with van der Waals surface area (Å²) in [5.41, 5.74) is 3.13. The zero-order valence-electron chi connectivity index (χ0n) is 15.6. The van der Waals surface area contributed by atoms with Gasteiger partial charge in [0.15, 0.2) is 11.3 Å². The van der Waals surface area contributed by atoms with E-state index in [0.29, 0.717) is 34.8 Å². The van der Waals surface area contributed by atoms with E-state index in [1.54, 1.807) is 7.05 Å². The summed E-state index contributed by atoms with van der Waals surface area (Å²) in [5.74, 6) is 2.44. The zero-order valence-corrected chi connectivity index (χ0v) is 15.6. The average molecular weight is 387 g/mol. The molecule has 3 atom stereocenters. The molecular weight excluding hydrogens is 370 g/mol. The van der Waals surface area contributed by atoms with Gasteiger partial charge in [-0.25, -0.2) is 9.67 Å². The molecule has 2 aliphatic rings. The van der Waals surface area contributed by atoms with Gasteiger partial charge < -0.3 is 4.52 Å². The Kier molecular flexibility index (Phi) is 3.35. The highest BCUT2D eigenvalue weighted by atomic mass is 16.5. The smallest absolute Gasteiger partial charge is 0.281 e. The second-order valence-corrected chi connectivity index (χ2v) is 7.64. The van der Waals surface area contributed by atoms with Crippen LogP contribution in [0.25, 0.3) is 16.7 Å². The number of hydrogen-bond acceptors (Lipinski definition) is 7. The van der Waals surface area contributed by atoms with Crippen LogP contribution in [0.2, 0.25) is 0 Å². The lowest BCUT2D eigenvalue weighted by atomic mass is 10.0. The Labute approximate surface area is 164 Å². The molecule has 4 aromatic rings. The highest BCUT2D eigenvalue weighted by molar-refractivity contribution is 5.70. The molecule has 0 saturated heterocycles. The summed E-state index contributed by atoms with van der Waals surface area (Å²) in [7, 11) is 1.66. The first-order valence-electron chi connectivity index (χ1n) is 9.52. The van der Waals surface area contributed by atoms with E-state index in [-0.39, 0.29) is 12.1 Å². The molecule has 0 aliphatic heterocycles. The van der Waals surface area contributed by atoms with E-state index in [0.717, 1.165) is 12.2 Å². The third-order valence-corrected chi connectivity index (χ3v) is 5.90. The number of benzene rings is 1. The maximum Gasteiger partial charge on any atom is 0.281 e. The Morgan fingerprint density at radius 2 is 2.10 bits per heavy atom. The summed E-state index contributed by atoms with van der Waals surface area (Å²) in [6, 6.07) is 10.5. The minimum atomic E-state index is -0.235. The van der Waals surface area contributed by atoms with Gasteiger partial charge in [0.05, 0.1) is 0 Å². The molecule has 0 bridgehead atoms. The van der Waals surface area contributed by atoms with E-state index >= 15 is 0 Å². The molecule has 0 spiro atoms.